The lowest BCUT2D eigenvalue weighted by Crippen LogP contribution is -2.29. The van der Waals surface area contributed by atoms with E-state index in [0.29, 0.717) is 12.8 Å². The zero-order valence-electron chi connectivity index (χ0n) is 32.3. The van der Waals surface area contributed by atoms with E-state index in [2.05, 4.69) is 42.7 Å². The molecular formula is C41H77O8P. The first-order chi connectivity index (χ1) is 24.3. The lowest BCUT2D eigenvalue weighted by molar-refractivity contribution is -0.161. The first-order valence-electron chi connectivity index (χ1n) is 20.6. The van der Waals surface area contributed by atoms with Gasteiger partial charge in [0.05, 0.1) is 6.61 Å². The van der Waals surface area contributed by atoms with Crippen LogP contribution in [0.1, 0.15) is 206 Å². The van der Waals surface area contributed by atoms with Crippen LogP contribution in [0.3, 0.4) is 0 Å². The third-order valence-electron chi connectivity index (χ3n) is 8.94. The molecule has 0 rings (SSSR count). The Morgan fingerprint density at radius 2 is 0.840 bits per heavy atom. The maximum absolute atomic E-state index is 12.4. The van der Waals surface area contributed by atoms with Gasteiger partial charge < -0.3 is 19.3 Å². The zero-order valence-corrected chi connectivity index (χ0v) is 33.2. The van der Waals surface area contributed by atoms with Gasteiger partial charge in [-0.05, 0) is 64.2 Å². The number of unbranched alkanes of at least 4 members (excludes halogenated alkanes) is 24. The summed E-state index contributed by atoms with van der Waals surface area (Å²) in [7, 11) is -4.75. The highest BCUT2D eigenvalue weighted by Crippen LogP contribution is 2.36. The SMILES string of the molecule is CCCCCC/C=C/CCCCCCCCCCCC(=O)O[C@H](COC(=O)CCCC/C=C/CCCCCCCCCCC)COP(=O)(O)O. The number of rotatable bonds is 38. The fourth-order valence-corrected chi connectivity index (χ4v) is 6.19. The number of phosphoric ester groups is 1. The Balaban J connectivity index is 3.93. The van der Waals surface area contributed by atoms with Crippen LogP contribution >= 0.6 is 7.82 Å². The molecule has 0 heterocycles. The number of carbonyl (C=O) groups is 2. The van der Waals surface area contributed by atoms with Crippen molar-refractivity contribution >= 4 is 19.8 Å². The van der Waals surface area contributed by atoms with Crippen molar-refractivity contribution in [2.45, 2.75) is 213 Å². The summed E-state index contributed by atoms with van der Waals surface area (Å²) in [6.07, 6.45) is 41.8. The minimum Gasteiger partial charge on any atom is -0.462 e. The Labute approximate surface area is 307 Å². The second-order valence-electron chi connectivity index (χ2n) is 14.0. The highest BCUT2D eigenvalue weighted by atomic mass is 31.2. The Hall–Kier alpha value is -1.47. The smallest absolute Gasteiger partial charge is 0.462 e. The number of phosphoric acid groups is 1. The standard InChI is InChI=1S/C41H77O8P/c1-3-5-7-9-11-13-15-17-19-20-22-24-26-28-30-32-34-36-41(43)49-39(38-48-50(44,45)46)37-47-40(42)35-33-31-29-27-25-23-21-18-16-14-12-10-8-6-4-2/h13,15,25,27,39H,3-12,14,16-24,26,28-38H2,1-2H3,(H2,44,45,46)/b15-13+,27-25+/t39-/m1/s1. The van der Waals surface area contributed by atoms with Crippen LogP contribution in [-0.4, -0.2) is 41.0 Å². The summed E-state index contributed by atoms with van der Waals surface area (Å²) in [6, 6.07) is 0. The number of allylic oxidation sites excluding steroid dienone is 4. The van der Waals surface area contributed by atoms with Gasteiger partial charge in [0.15, 0.2) is 6.10 Å². The van der Waals surface area contributed by atoms with Gasteiger partial charge in [0.2, 0.25) is 0 Å². The van der Waals surface area contributed by atoms with Crippen LogP contribution in [0, 0.1) is 0 Å². The fourth-order valence-electron chi connectivity index (χ4n) is 5.83. The van der Waals surface area contributed by atoms with Crippen LogP contribution in [0.25, 0.3) is 0 Å². The predicted molar refractivity (Wildman–Crippen MR) is 207 cm³/mol. The van der Waals surface area contributed by atoms with Crippen molar-refractivity contribution in [3.8, 4) is 0 Å². The molecule has 0 bridgehead atoms. The number of carbonyl (C=O) groups excluding carboxylic acids is 2. The highest BCUT2D eigenvalue weighted by Gasteiger charge is 2.22. The fraction of sp³-hybridized carbons (Fsp3) is 0.854. The van der Waals surface area contributed by atoms with Gasteiger partial charge in [-0.3, -0.25) is 14.1 Å². The van der Waals surface area contributed by atoms with E-state index in [1.54, 1.807) is 0 Å². The molecule has 0 spiro atoms. The molecule has 0 aliphatic heterocycles. The summed E-state index contributed by atoms with van der Waals surface area (Å²) < 4.78 is 26.3. The largest absolute Gasteiger partial charge is 0.469 e. The molecule has 0 aliphatic rings. The van der Waals surface area contributed by atoms with Crippen molar-refractivity contribution < 1.29 is 37.9 Å². The molecule has 0 aromatic carbocycles. The summed E-state index contributed by atoms with van der Waals surface area (Å²) >= 11 is 0. The summed E-state index contributed by atoms with van der Waals surface area (Å²) in [5.41, 5.74) is 0. The van der Waals surface area contributed by atoms with E-state index in [1.165, 1.54) is 128 Å². The van der Waals surface area contributed by atoms with Crippen molar-refractivity contribution in [2.75, 3.05) is 13.2 Å². The number of esters is 2. The third kappa shape index (κ3) is 39.3. The monoisotopic (exact) mass is 729 g/mol. The average Bonchev–Trinajstić information content (AvgIpc) is 3.08. The topological polar surface area (TPSA) is 119 Å². The molecule has 0 aromatic heterocycles. The molecule has 2 N–H and O–H groups in total. The molecule has 1 atom stereocenters. The van der Waals surface area contributed by atoms with E-state index >= 15 is 0 Å². The number of hydrogen-bond donors (Lipinski definition) is 2. The van der Waals surface area contributed by atoms with Crippen LogP contribution in [0.2, 0.25) is 0 Å². The number of ether oxygens (including phenoxy) is 2. The minimum absolute atomic E-state index is 0.207. The van der Waals surface area contributed by atoms with Crippen molar-refractivity contribution in [1.29, 1.82) is 0 Å². The second kappa shape index (κ2) is 37.3. The quantitative estimate of drug-likeness (QED) is 0.0279. The van der Waals surface area contributed by atoms with Crippen LogP contribution in [-0.2, 0) is 28.2 Å². The van der Waals surface area contributed by atoms with E-state index in [9.17, 15) is 14.2 Å². The van der Waals surface area contributed by atoms with Crippen molar-refractivity contribution in [1.82, 2.24) is 0 Å². The van der Waals surface area contributed by atoms with Gasteiger partial charge in [-0.15, -0.1) is 0 Å². The van der Waals surface area contributed by atoms with Crippen LogP contribution < -0.4 is 0 Å². The molecule has 0 aromatic rings. The zero-order chi connectivity index (χ0) is 36.8. The maximum atomic E-state index is 12.4. The van der Waals surface area contributed by atoms with Gasteiger partial charge in [0.25, 0.3) is 0 Å². The van der Waals surface area contributed by atoms with Gasteiger partial charge in [-0.1, -0.05) is 154 Å². The lowest BCUT2D eigenvalue weighted by atomic mass is 10.1. The molecule has 0 fully saturated rings. The molecule has 8 nitrogen and oxygen atoms in total. The van der Waals surface area contributed by atoms with E-state index in [4.69, 9.17) is 19.3 Å². The molecule has 50 heavy (non-hydrogen) atoms. The normalized spacial score (nSPS) is 12.6. The van der Waals surface area contributed by atoms with Gasteiger partial charge in [-0.2, -0.15) is 0 Å². The minimum atomic E-state index is -4.75. The van der Waals surface area contributed by atoms with E-state index in [-0.39, 0.29) is 19.4 Å². The van der Waals surface area contributed by atoms with E-state index < -0.39 is 32.5 Å². The van der Waals surface area contributed by atoms with Gasteiger partial charge in [0, 0.05) is 12.8 Å². The van der Waals surface area contributed by atoms with Gasteiger partial charge >= 0.3 is 19.8 Å². The third-order valence-corrected chi connectivity index (χ3v) is 9.43. The van der Waals surface area contributed by atoms with Crippen LogP contribution in [0.4, 0.5) is 0 Å². The van der Waals surface area contributed by atoms with Gasteiger partial charge in [-0.25, -0.2) is 4.57 Å². The Morgan fingerprint density at radius 3 is 1.28 bits per heavy atom. The van der Waals surface area contributed by atoms with Crippen molar-refractivity contribution in [3.63, 3.8) is 0 Å². The van der Waals surface area contributed by atoms with E-state index in [0.717, 1.165) is 38.5 Å². The summed E-state index contributed by atoms with van der Waals surface area (Å²) in [6.45, 7) is 3.66. The Bertz CT molecular complexity index is 869. The average molecular weight is 729 g/mol. The Kier molecular flexibility index (Phi) is 36.2. The van der Waals surface area contributed by atoms with Gasteiger partial charge in [0.1, 0.15) is 6.61 Å². The summed E-state index contributed by atoms with van der Waals surface area (Å²) in [5, 5.41) is 0. The molecule has 0 radical (unpaired) electrons. The number of hydrogen-bond acceptors (Lipinski definition) is 6. The molecule has 294 valence electrons. The first-order valence-corrected chi connectivity index (χ1v) is 22.2. The lowest BCUT2D eigenvalue weighted by Gasteiger charge is -2.18. The Morgan fingerprint density at radius 1 is 0.500 bits per heavy atom. The molecular weight excluding hydrogens is 651 g/mol. The molecule has 9 heteroatoms. The first kappa shape index (κ1) is 48.5. The molecule has 0 unspecified atom stereocenters. The predicted octanol–water partition coefficient (Wildman–Crippen LogP) is 12.4. The maximum Gasteiger partial charge on any atom is 0.469 e. The second-order valence-corrected chi connectivity index (χ2v) is 15.2. The molecule has 0 aliphatic carbocycles. The molecule has 0 saturated heterocycles. The van der Waals surface area contributed by atoms with Crippen molar-refractivity contribution in [2.24, 2.45) is 0 Å². The summed E-state index contributed by atoms with van der Waals surface area (Å²) in [5.74, 6) is -0.907. The molecule has 0 amide bonds. The summed E-state index contributed by atoms with van der Waals surface area (Å²) in [4.78, 5) is 42.8. The van der Waals surface area contributed by atoms with Crippen molar-refractivity contribution in [3.05, 3.63) is 24.3 Å². The van der Waals surface area contributed by atoms with Crippen LogP contribution in [0.5, 0.6) is 0 Å². The van der Waals surface area contributed by atoms with E-state index in [1.807, 2.05) is 0 Å². The highest BCUT2D eigenvalue weighted by molar-refractivity contribution is 7.46. The molecule has 0 saturated carbocycles. The van der Waals surface area contributed by atoms with Crippen LogP contribution in [0.15, 0.2) is 24.3 Å².